The van der Waals surface area contributed by atoms with E-state index in [4.69, 9.17) is 4.74 Å². The van der Waals surface area contributed by atoms with Gasteiger partial charge in [-0.05, 0) is 24.3 Å². The first-order chi connectivity index (χ1) is 9.78. The van der Waals surface area contributed by atoms with E-state index in [0.717, 1.165) is 12.0 Å². The lowest BCUT2D eigenvalue weighted by atomic mass is 9.89. The van der Waals surface area contributed by atoms with Crippen molar-refractivity contribution in [1.82, 2.24) is 5.32 Å². The predicted octanol–water partition coefficient (Wildman–Crippen LogP) is 3.70. The van der Waals surface area contributed by atoms with E-state index >= 15 is 0 Å². The van der Waals surface area contributed by atoms with Gasteiger partial charge in [0.15, 0.2) is 5.78 Å². The van der Waals surface area contributed by atoms with Crippen LogP contribution in [-0.4, -0.2) is 17.9 Å². The summed E-state index contributed by atoms with van der Waals surface area (Å²) in [6.45, 7) is 8.16. The Bertz CT molecular complexity index is 463. The van der Waals surface area contributed by atoms with Crippen LogP contribution in [0.5, 0.6) is 0 Å². The lowest BCUT2D eigenvalue weighted by molar-refractivity contribution is -0.121. The second-order valence-corrected chi connectivity index (χ2v) is 6.45. The highest BCUT2D eigenvalue weighted by atomic mass is 16.5. The van der Waals surface area contributed by atoms with Gasteiger partial charge in [-0.3, -0.25) is 4.79 Å². The molecule has 0 bridgehead atoms. The molecule has 1 N–H and O–H groups in total. The Hall–Kier alpha value is -1.84. The van der Waals surface area contributed by atoms with Crippen molar-refractivity contribution in [3.8, 4) is 0 Å². The van der Waals surface area contributed by atoms with Gasteiger partial charge in [-0.25, -0.2) is 4.79 Å². The Balaban J connectivity index is 2.31. The van der Waals surface area contributed by atoms with E-state index in [9.17, 15) is 9.59 Å². The van der Waals surface area contributed by atoms with Crippen molar-refractivity contribution in [1.29, 1.82) is 0 Å². The molecule has 0 heterocycles. The van der Waals surface area contributed by atoms with Gasteiger partial charge in [0.1, 0.15) is 6.61 Å². The number of rotatable bonds is 6. The van der Waals surface area contributed by atoms with E-state index in [2.05, 4.69) is 26.1 Å². The number of Topliss-reactive ketones (excluding diaryl/α,β-unsaturated/α-hetero) is 1. The van der Waals surface area contributed by atoms with Crippen LogP contribution in [0.1, 0.15) is 46.1 Å². The molecule has 0 aromatic heterocycles. The molecular formula is C17H25NO3. The Labute approximate surface area is 126 Å². The van der Waals surface area contributed by atoms with Gasteiger partial charge < -0.3 is 10.1 Å². The minimum atomic E-state index is -0.560. The highest BCUT2D eigenvalue weighted by Gasteiger charge is 2.19. The summed E-state index contributed by atoms with van der Waals surface area (Å²) in [4.78, 5) is 23.6. The van der Waals surface area contributed by atoms with Crippen LogP contribution in [0.25, 0.3) is 0 Å². The standard InChI is InChI=1S/C17H25NO3/c1-13(15(19)10-11-17(2,3)4)18-16(20)21-12-14-8-6-5-7-9-14/h5-9,13H,10-12H2,1-4H3,(H,18,20). The van der Waals surface area contributed by atoms with Gasteiger partial charge in [0.25, 0.3) is 0 Å². The zero-order valence-corrected chi connectivity index (χ0v) is 13.3. The molecule has 1 unspecified atom stereocenters. The van der Waals surface area contributed by atoms with Gasteiger partial charge in [0, 0.05) is 6.42 Å². The topological polar surface area (TPSA) is 55.4 Å². The van der Waals surface area contributed by atoms with E-state index in [1.165, 1.54) is 0 Å². The number of hydrogen-bond acceptors (Lipinski definition) is 3. The van der Waals surface area contributed by atoms with Crippen molar-refractivity contribution in [2.45, 2.75) is 53.2 Å². The molecule has 0 aliphatic heterocycles. The normalized spacial score (nSPS) is 12.6. The first-order valence-electron chi connectivity index (χ1n) is 7.28. The van der Waals surface area contributed by atoms with Gasteiger partial charge >= 0.3 is 6.09 Å². The maximum atomic E-state index is 11.9. The number of carbonyl (C=O) groups is 2. The van der Waals surface area contributed by atoms with Crippen molar-refractivity contribution in [3.63, 3.8) is 0 Å². The summed E-state index contributed by atoms with van der Waals surface area (Å²) >= 11 is 0. The van der Waals surface area contributed by atoms with Crippen molar-refractivity contribution >= 4 is 11.9 Å². The van der Waals surface area contributed by atoms with Crippen LogP contribution in [0, 0.1) is 5.41 Å². The number of ketones is 1. The quantitative estimate of drug-likeness (QED) is 0.869. The van der Waals surface area contributed by atoms with Crippen LogP contribution >= 0.6 is 0 Å². The molecule has 0 spiro atoms. The van der Waals surface area contributed by atoms with Gasteiger partial charge in [0.05, 0.1) is 6.04 Å². The molecule has 0 aliphatic carbocycles. The fraction of sp³-hybridized carbons (Fsp3) is 0.529. The number of amides is 1. The van der Waals surface area contributed by atoms with Crippen LogP contribution in [0.3, 0.4) is 0 Å². The molecule has 1 atom stereocenters. The summed E-state index contributed by atoms with van der Waals surface area (Å²) in [6, 6.07) is 8.91. The summed E-state index contributed by atoms with van der Waals surface area (Å²) in [5, 5.41) is 2.58. The second-order valence-electron chi connectivity index (χ2n) is 6.45. The Morgan fingerprint density at radius 3 is 2.38 bits per heavy atom. The predicted molar refractivity (Wildman–Crippen MR) is 82.9 cm³/mol. The van der Waals surface area contributed by atoms with Gasteiger partial charge in [-0.15, -0.1) is 0 Å². The van der Waals surface area contributed by atoms with E-state index < -0.39 is 12.1 Å². The number of ether oxygens (including phenoxy) is 1. The molecule has 1 aromatic carbocycles. The molecule has 0 aliphatic rings. The number of alkyl carbamates (subject to hydrolysis) is 1. The lowest BCUT2D eigenvalue weighted by Crippen LogP contribution is -2.39. The van der Waals surface area contributed by atoms with Crippen molar-refractivity contribution in [2.24, 2.45) is 5.41 Å². The first kappa shape index (κ1) is 17.2. The molecule has 4 nitrogen and oxygen atoms in total. The minimum absolute atomic E-state index is 0.0292. The molecule has 1 aromatic rings. The summed E-state index contributed by atoms with van der Waals surface area (Å²) in [5.41, 5.74) is 1.03. The third-order valence-corrected chi connectivity index (χ3v) is 3.15. The van der Waals surface area contributed by atoms with Crippen LogP contribution in [-0.2, 0) is 16.1 Å². The summed E-state index contributed by atoms with van der Waals surface area (Å²) in [7, 11) is 0. The van der Waals surface area contributed by atoms with Crippen LogP contribution in [0.2, 0.25) is 0 Å². The molecule has 21 heavy (non-hydrogen) atoms. The molecular weight excluding hydrogens is 266 g/mol. The molecule has 0 saturated carbocycles. The van der Waals surface area contributed by atoms with E-state index in [1.807, 2.05) is 30.3 Å². The Kier molecular flexibility index (Phi) is 6.40. The van der Waals surface area contributed by atoms with Crippen molar-refractivity contribution in [3.05, 3.63) is 35.9 Å². The third kappa shape index (κ3) is 7.49. The zero-order valence-electron chi connectivity index (χ0n) is 13.3. The highest BCUT2D eigenvalue weighted by molar-refractivity contribution is 5.86. The molecule has 1 rings (SSSR count). The fourth-order valence-electron chi connectivity index (χ4n) is 1.74. The SMILES string of the molecule is CC(NC(=O)OCc1ccccc1)C(=O)CCC(C)(C)C. The van der Waals surface area contributed by atoms with E-state index in [0.29, 0.717) is 6.42 Å². The highest BCUT2D eigenvalue weighted by Crippen LogP contribution is 2.20. The van der Waals surface area contributed by atoms with Crippen molar-refractivity contribution < 1.29 is 14.3 Å². The molecule has 116 valence electrons. The fourth-order valence-corrected chi connectivity index (χ4v) is 1.74. The van der Waals surface area contributed by atoms with Crippen LogP contribution < -0.4 is 5.32 Å². The van der Waals surface area contributed by atoms with Gasteiger partial charge in [0.2, 0.25) is 0 Å². The largest absolute Gasteiger partial charge is 0.445 e. The molecule has 1 amide bonds. The monoisotopic (exact) mass is 291 g/mol. The number of benzene rings is 1. The molecule has 0 radical (unpaired) electrons. The van der Waals surface area contributed by atoms with E-state index in [1.54, 1.807) is 6.92 Å². The van der Waals surface area contributed by atoms with Crippen LogP contribution in [0.4, 0.5) is 4.79 Å². The van der Waals surface area contributed by atoms with E-state index in [-0.39, 0.29) is 17.8 Å². The maximum absolute atomic E-state index is 11.9. The third-order valence-electron chi connectivity index (χ3n) is 3.15. The molecule has 0 saturated heterocycles. The average molecular weight is 291 g/mol. The maximum Gasteiger partial charge on any atom is 0.408 e. The smallest absolute Gasteiger partial charge is 0.408 e. The van der Waals surface area contributed by atoms with Crippen LogP contribution in [0.15, 0.2) is 30.3 Å². The molecule has 4 heteroatoms. The zero-order chi connectivity index (χ0) is 15.9. The second kappa shape index (κ2) is 7.81. The number of hydrogen-bond donors (Lipinski definition) is 1. The Morgan fingerprint density at radius 1 is 1.19 bits per heavy atom. The first-order valence-corrected chi connectivity index (χ1v) is 7.28. The summed E-state index contributed by atoms with van der Waals surface area (Å²) in [5.74, 6) is 0.0292. The summed E-state index contributed by atoms with van der Waals surface area (Å²) < 4.78 is 5.09. The Morgan fingerprint density at radius 2 is 1.81 bits per heavy atom. The number of nitrogens with one attached hydrogen (secondary N) is 1. The lowest BCUT2D eigenvalue weighted by Gasteiger charge is -2.19. The van der Waals surface area contributed by atoms with Gasteiger partial charge in [-0.2, -0.15) is 0 Å². The molecule has 0 fully saturated rings. The average Bonchev–Trinajstić information content (AvgIpc) is 2.42. The summed E-state index contributed by atoms with van der Waals surface area (Å²) in [6.07, 6.45) is 0.705. The van der Waals surface area contributed by atoms with Gasteiger partial charge in [-0.1, -0.05) is 51.1 Å². The van der Waals surface area contributed by atoms with Crippen molar-refractivity contribution in [2.75, 3.05) is 0 Å². The number of carbonyl (C=O) groups excluding carboxylic acids is 2. The minimum Gasteiger partial charge on any atom is -0.445 e.